The highest BCUT2D eigenvalue weighted by molar-refractivity contribution is 7.14. The first-order valence-corrected chi connectivity index (χ1v) is 12.0. The molecule has 0 radical (unpaired) electrons. The lowest BCUT2D eigenvalue weighted by Gasteiger charge is -2.24. The maximum atomic E-state index is 14.2. The van der Waals surface area contributed by atoms with Gasteiger partial charge in [0.15, 0.2) is 0 Å². The van der Waals surface area contributed by atoms with Crippen molar-refractivity contribution >= 4 is 28.9 Å². The van der Waals surface area contributed by atoms with Crippen LogP contribution in [0.4, 0.5) is 13.2 Å². The molecule has 186 valence electrons. The number of hydrogen-bond acceptors (Lipinski definition) is 7. The quantitative estimate of drug-likeness (QED) is 0.590. The molecule has 2 aliphatic heterocycles. The monoisotopic (exact) mass is 505 g/mol. The van der Waals surface area contributed by atoms with Crippen molar-refractivity contribution in [3.05, 3.63) is 68.8 Å². The zero-order valence-electron chi connectivity index (χ0n) is 19.6. The van der Waals surface area contributed by atoms with E-state index >= 15 is 0 Å². The van der Waals surface area contributed by atoms with Gasteiger partial charge in [-0.3, -0.25) is 14.7 Å². The molecule has 1 saturated heterocycles. The van der Waals surface area contributed by atoms with E-state index in [0.29, 0.717) is 17.1 Å². The normalized spacial score (nSPS) is 22.4. The van der Waals surface area contributed by atoms with Crippen molar-refractivity contribution in [3.63, 3.8) is 0 Å². The number of nitrogens with one attached hydrogen (secondary N) is 1. The molecule has 0 amide bonds. The van der Waals surface area contributed by atoms with Crippen LogP contribution in [0, 0.1) is 12.7 Å². The number of carbonyl (C=O) groups is 2. The van der Waals surface area contributed by atoms with Crippen LogP contribution in [0.2, 0.25) is 0 Å². The van der Waals surface area contributed by atoms with Gasteiger partial charge in [0, 0.05) is 30.0 Å². The highest BCUT2D eigenvalue weighted by Gasteiger charge is 2.47. The van der Waals surface area contributed by atoms with Crippen molar-refractivity contribution < 1.29 is 27.5 Å². The molecular weight excluding hydrogens is 479 g/mol. The van der Waals surface area contributed by atoms with E-state index in [0.717, 1.165) is 9.75 Å². The average molecular weight is 506 g/mol. The molecule has 2 aromatic rings. The lowest BCUT2D eigenvalue weighted by molar-refractivity contribution is -0.136. The Morgan fingerprint density at radius 3 is 2.54 bits per heavy atom. The molecule has 1 aromatic heterocycles. The fraction of sp³-hybridized carbons (Fsp3) is 0.400. The number of thiophene rings is 1. The van der Waals surface area contributed by atoms with E-state index < -0.39 is 42.8 Å². The number of Topliss-reactive ketones (excluding diaryl/α,β-unsaturated/α-hetero) is 1. The Labute approximate surface area is 205 Å². The summed E-state index contributed by atoms with van der Waals surface area (Å²) in [5.41, 5.74) is 1.29. The number of methoxy groups -OCH3 is 1. The average Bonchev–Trinajstić information content (AvgIpc) is 3.31. The van der Waals surface area contributed by atoms with Crippen molar-refractivity contribution in [3.8, 4) is 0 Å². The van der Waals surface area contributed by atoms with E-state index in [4.69, 9.17) is 9.73 Å². The lowest BCUT2D eigenvalue weighted by Crippen LogP contribution is -2.40. The number of amidine groups is 1. The number of halogens is 3. The van der Waals surface area contributed by atoms with E-state index in [9.17, 15) is 22.8 Å². The standard InChI is InChI=1S/C25H26F3N3O3S/c1-14-4-9-22(35-14)23-29-19(16-5-7-17(26)8-6-16)10-18(24(33)34-3)20(30-23)12-31-13-25(27,28)11-21(31)15(2)32/h4-9,19,21H,10-13H2,1-3H3,(H,29,30)/t19?,21-/m0/s1. The third-order valence-electron chi connectivity index (χ3n) is 6.17. The first-order chi connectivity index (χ1) is 16.6. The number of ether oxygens (including phenoxy) is 1. The number of rotatable bonds is 6. The highest BCUT2D eigenvalue weighted by atomic mass is 32.1. The van der Waals surface area contributed by atoms with Crippen LogP contribution >= 0.6 is 11.3 Å². The molecule has 2 aliphatic rings. The smallest absolute Gasteiger partial charge is 0.335 e. The molecule has 6 nitrogen and oxygen atoms in total. The number of benzene rings is 1. The summed E-state index contributed by atoms with van der Waals surface area (Å²) in [5.74, 6) is -3.91. The van der Waals surface area contributed by atoms with E-state index in [1.165, 1.54) is 42.4 Å². The van der Waals surface area contributed by atoms with Gasteiger partial charge in [0.2, 0.25) is 0 Å². The van der Waals surface area contributed by atoms with Gasteiger partial charge in [0.05, 0.1) is 36.2 Å². The van der Waals surface area contributed by atoms with Gasteiger partial charge >= 0.3 is 5.97 Å². The molecule has 3 heterocycles. The Morgan fingerprint density at radius 2 is 1.94 bits per heavy atom. The fourth-order valence-corrected chi connectivity index (χ4v) is 5.27. The van der Waals surface area contributed by atoms with Crippen molar-refractivity contribution in [2.75, 3.05) is 20.2 Å². The number of aryl methyl sites for hydroxylation is 1. The predicted octanol–water partition coefficient (Wildman–Crippen LogP) is 4.40. The number of esters is 1. The SMILES string of the molecule is COC(=O)C1=C(CN2CC(F)(F)C[C@H]2C(C)=O)NC(c2ccc(C)s2)=NC(c2ccc(F)cc2)C1. The third kappa shape index (κ3) is 5.65. The number of nitrogens with zero attached hydrogens (tertiary/aromatic N) is 2. The number of aliphatic imine (C=N–C) groups is 1. The Kier molecular flexibility index (Phi) is 7.14. The summed E-state index contributed by atoms with van der Waals surface area (Å²) < 4.78 is 47.1. The summed E-state index contributed by atoms with van der Waals surface area (Å²) in [4.78, 5) is 33.1. The molecule has 1 aromatic carbocycles. The molecule has 2 atom stereocenters. The zero-order valence-corrected chi connectivity index (χ0v) is 20.4. The summed E-state index contributed by atoms with van der Waals surface area (Å²) in [6.45, 7) is 2.57. The fourth-order valence-electron chi connectivity index (χ4n) is 4.45. The van der Waals surface area contributed by atoms with Crippen LogP contribution in [0.1, 0.15) is 41.1 Å². The molecule has 35 heavy (non-hydrogen) atoms. The van der Waals surface area contributed by atoms with Crippen molar-refractivity contribution in [1.29, 1.82) is 0 Å². The Balaban J connectivity index is 1.79. The van der Waals surface area contributed by atoms with Gasteiger partial charge in [-0.05, 0) is 43.7 Å². The van der Waals surface area contributed by atoms with Crippen LogP contribution < -0.4 is 5.32 Å². The van der Waals surface area contributed by atoms with Crippen LogP contribution in [-0.2, 0) is 14.3 Å². The highest BCUT2D eigenvalue weighted by Crippen LogP contribution is 2.35. The summed E-state index contributed by atoms with van der Waals surface area (Å²) in [6, 6.07) is 8.17. The molecule has 1 unspecified atom stereocenters. The first-order valence-electron chi connectivity index (χ1n) is 11.2. The van der Waals surface area contributed by atoms with E-state index in [-0.39, 0.29) is 24.3 Å². The molecule has 0 aliphatic carbocycles. The van der Waals surface area contributed by atoms with Gasteiger partial charge in [-0.2, -0.15) is 0 Å². The molecule has 4 rings (SSSR count). The minimum Gasteiger partial charge on any atom is -0.466 e. The first kappa shape index (κ1) is 25.1. The van der Waals surface area contributed by atoms with Crippen LogP contribution in [0.3, 0.4) is 0 Å². The summed E-state index contributed by atoms with van der Waals surface area (Å²) >= 11 is 1.49. The van der Waals surface area contributed by atoms with E-state index in [1.807, 2.05) is 19.1 Å². The zero-order chi connectivity index (χ0) is 25.3. The number of hydrogen-bond donors (Lipinski definition) is 1. The minimum atomic E-state index is -3.01. The van der Waals surface area contributed by atoms with Gasteiger partial charge in [0.1, 0.15) is 17.4 Å². The minimum absolute atomic E-state index is 0.0796. The van der Waals surface area contributed by atoms with Crippen molar-refractivity contribution in [1.82, 2.24) is 10.2 Å². The van der Waals surface area contributed by atoms with Crippen LogP contribution in [0.25, 0.3) is 0 Å². The second kappa shape index (κ2) is 9.94. The van der Waals surface area contributed by atoms with Gasteiger partial charge in [0.25, 0.3) is 5.92 Å². The van der Waals surface area contributed by atoms with Crippen molar-refractivity contribution in [2.24, 2.45) is 4.99 Å². The van der Waals surface area contributed by atoms with E-state index in [2.05, 4.69) is 5.32 Å². The maximum absolute atomic E-state index is 14.2. The molecule has 1 N–H and O–H groups in total. The van der Waals surface area contributed by atoms with Crippen molar-refractivity contribution in [2.45, 2.75) is 44.7 Å². The second-order valence-corrected chi connectivity index (χ2v) is 10.1. The molecule has 0 bridgehead atoms. The number of ketones is 1. The number of carbonyl (C=O) groups excluding carboxylic acids is 2. The molecule has 0 spiro atoms. The summed E-state index contributed by atoms with van der Waals surface area (Å²) in [5, 5.41) is 3.20. The lowest BCUT2D eigenvalue weighted by atomic mass is 9.98. The molecule has 0 saturated carbocycles. The molecule has 10 heteroatoms. The maximum Gasteiger partial charge on any atom is 0.335 e. The second-order valence-electron chi connectivity index (χ2n) is 8.82. The van der Waals surface area contributed by atoms with Crippen LogP contribution in [0.15, 0.2) is 52.7 Å². The Hall–Kier alpha value is -2.98. The largest absolute Gasteiger partial charge is 0.466 e. The number of alkyl halides is 2. The molecule has 1 fully saturated rings. The van der Waals surface area contributed by atoms with E-state index in [1.54, 1.807) is 12.1 Å². The van der Waals surface area contributed by atoms with Gasteiger partial charge < -0.3 is 10.1 Å². The molecular formula is C25H26F3N3O3S. The van der Waals surface area contributed by atoms with Crippen LogP contribution in [0.5, 0.6) is 0 Å². The topological polar surface area (TPSA) is 71.0 Å². The van der Waals surface area contributed by atoms with Gasteiger partial charge in [-0.15, -0.1) is 11.3 Å². The Bertz CT molecular complexity index is 1190. The Morgan fingerprint density at radius 1 is 1.23 bits per heavy atom. The summed E-state index contributed by atoms with van der Waals surface area (Å²) in [7, 11) is 1.25. The van der Waals surface area contributed by atoms with Gasteiger partial charge in [-0.1, -0.05) is 12.1 Å². The predicted molar refractivity (Wildman–Crippen MR) is 127 cm³/mol. The van der Waals surface area contributed by atoms with Gasteiger partial charge in [-0.25, -0.2) is 18.0 Å². The summed E-state index contributed by atoms with van der Waals surface area (Å²) in [6.07, 6.45) is -0.449. The third-order valence-corrected chi connectivity index (χ3v) is 7.18. The van der Waals surface area contributed by atoms with Crippen LogP contribution in [-0.4, -0.2) is 54.7 Å². The number of likely N-dealkylation sites (tertiary alicyclic amines) is 1.